The third-order valence-electron chi connectivity index (χ3n) is 3.38. The van der Waals surface area contributed by atoms with Crippen LogP contribution in [0.25, 0.3) is 0 Å². The number of rotatable bonds is 5. The number of aliphatic imine (C=N–C) groups is 1. The Hall–Kier alpha value is -1.31. The predicted octanol–water partition coefficient (Wildman–Crippen LogP) is 2.81. The van der Waals surface area contributed by atoms with Crippen LogP contribution in [0.5, 0.6) is 0 Å². The number of guanidine groups is 1. The van der Waals surface area contributed by atoms with Crippen LogP contribution < -0.4 is 5.32 Å². The molecule has 6 heteroatoms. The van der Waals surface area contributed by atoms with E-state index in [1.807, 2.05) is 69.2 Å². The minimum Gasteiger partial charge on any atom is -0.350 e. The SMILES string of the molecule is CCC(C)NC(=O)c1cccc(CN=C(N(C)C)N(C)C)c1.I. The highest BCUT2D eigenvalue weighted by Crippen LogP contribution is 2.08. The lowest BCUT2D eigenvalue weighted by molar-refractivity contribution is 0.0939. The number of nitrogens with zero attached hydrogens (tertiary/aromatic N) is 3. The van der Waals surface area contributed by atoms with Crippen LogP contribution in [-0.4, -0.2) is 55.9 Å². The molecule has 0 heterocycles. The Labute approximate surface area is 157 Å². The van der Waals surface area contributed by atoms with Crippen molar-refractivity contribution >= 4 is 35.8 Å². The van der Waals surface area contributed by atoms with Crippen molar-refractivity contribution in [1.29, 1.82) is 0 Å². The van der Waals surface area contributed by atoms with E-state index in [0.29, 0.717) is 12.1 Å². The van der Waals surface area contributed by atoms with Gasteiger partial charge in [0, 0.05) is 39.8 Å². The van der Waals surface area contributed by atoms with Gasteiger partial charge in [-0.15, -0.1) is 24.0 Å². The summed E-state index contributed by atoms with van der Waals surface area (Å²) in [6, 6.07) is 7.82. The Bertz CT molecular complexity index is 519. The van der Waals surface area contributed by atoms with Gasteiger partial charge in [-0.25, -0.2) is 4.99 Å². The van der Waals surface area contributed by atoms with E-state index in [-0.39, 0.29) is 35.9 Å². The average molecular weight is 432 g/mol. The molecular weight excluding hydrogens is 403 g/mol. The zero-order chi connectivity index (χ0) is 16.7. The highest BCUT2D eigenvalue weighted by atomic mass is 127. The zero-order valence-corrected chi connectivity index (χ0v) is 17.3. The van der Waals surface area contributed by atoms with Crippen LogP contribution in [0.15, 0.2) is 29.3 Å². The van der Waals surface area contributed by atoms with Gasteiger partial charge in [-0.05, 0) is 31.0 Å². The molecule has 5 nitrogen and oxygen atoms in total. The van der Waals surface area contributed by atoms with Crippen molar-refractivity contribution in [2.45, 2.75) is 32.9 Å². The molecule has 0 aliphatic heterocycles. The highest BCUT2D eigenvalue weighted by Gasteiger charge is 2.09. The molecule has 1 rings (SSSR count). The maximum atomic E-state index is 12.2. The number of amides is 1. The summed E-state index contributed by atoms with van der Waals surface area (Å²) >= 11 is 0. The molecule has 23 heavy (non-hydrogen) atoms. The average Bonchev–Trinajstić information content (AvgIpc) is 2.46. The van der Waals surface area contributed by atoms with Crippen molar-refractivity contribution in [3.8, 4) is 0 Å². The minimum absolute atomic E-state index is 0. The van der Waals surface area contributed by atoms with Crippen LogP contribution >= 0.6 is 24.0 Å². The van der Waals surface area contributed by atoms with E-state index in [4.69, 9.17) is 0 Å². The normalized spacial score (nSPS) is 11.0. The second-order valence-electron chi connectivity index (χ2n) is 5.89. The minimum atomic E-state index is -0.0272. The van der Waals surface area contributed by atoms with E-state index in [9.17, 15) is 4.79 Å². The van der Waals surface area contributed by atoms with Crippen molar-refractivity contribution in [2.24, 2.45) is 4.99 Å². The van der Waals surface area contributed by atoms with Crippen molar-refractivity contribution in [1.82, 2.24) is 15.1 Å². The van der Waals surface area contributed by atoms with Crippen LogP contribution in [0.4, 0.5) is 0 Å². The fourth-order valence-corrected chi connectivity index (χ4v) is 2.06. The Morgan fingerprint density at radius 3 is 2.35 bits per heavy atom. The van der Waals surface area contributed by atoms with Gasteiger partial charge in [-0.1, -0.05) is 19.1 Å². The lowest BCUT2D eigenvalue weighted by Crippen LogP contribution is -2.35. The monoisotopic (exact) mass is 432 g/mol. The molecule has 1 amide bonds. The van der Waals surface area contributed by atoms with Crippen molar-refractivity contribution in [3.63, 3.8) is 0 Å². The van der Waals surface area contributed by atoms with E-state index in [1.165, 1.54) is 0 Å². The standard InChI is InChI=1S/C17H28N4O.HI/c1-7-13(2)19-16(22)15-10-8-9-14(11-15)12-18-17(20(3)4)21(5)6;/h8-11,13H,7,12H2,1-6H3,(H,19,22);1H. The van der Waals surface area contributed by atoms with Gasteiger partial charge in [0.15, 0.2) is 5.96 Å². The number of hydrogen-bond donors (Lipinski definition) is 1. The molecule has 1 aromatic carbocycles. The van der Waals surface area contributed by atoms with Crippen LogP contribution in [-0.2, 0) is 6.54 Å². The summed E-state index contributed by atoms with van der Waals surface area (Å²) in [4.78, 5) is 20.7. The summed E-state index contributed by atoms with van der Waals surface area (Å²) in [7, 11) is 7.87. The van der Waals surface area contributed by atoms with E-state index in [0.717, 1.165) is 17.9 Å². The summed E-state index contributed by atoms with van der Waals surface area (Å²) in [5.41, 5.74) is 1.71. The van der Waals surface area contributed by atoms with Gasteiger partial charge in [-0.3, -0.25) is 4.79 Å². The van der Waals surface area contributed by atoms with Crippen LogP contribution in [0, 0.1) is 0 Å². The molecular formula is C17H29IN4O. The summed E-state index contributed by atoms with van der Waals surface area (Å²) < 4.78 is 0. The highest BCUT2D eigenvalue weighted by molar-refractivity contribution is 14.0. The number of benzene rings is 1. The van der Waals surface area contributed by atoms with Crippen molar-refractivity contribution in [2.75, 3.05) is 28.2 Å². The second kappa shape index (κ2) is 10.5. The van der Waals surface area contributed by atoms with Crippen LogP contribution in [0.2, 0.25) is 0 Å². The molecule has 0 aromatic heterocycles. The number of hydrogen-bond acceptors (Lipinski definition) is 2. The maximum absolute atomic E-state index is 12.2. The quantitative estimate of drug-likeness (QED) is 0.442. The third-order valence-corrected chi connectivity index (χ3v) is 3.38. The topological polar surface area (TPSA) is 47.9 Å². The Morgan fingerprint density at radius 1 is 1.22 bits per heavy atom. The van der Waals surface area contributed by atoms with E-state index >= 15 is 0 Å². The summed E-state index contributed by atoms with van der Waals surface area (Å²) in [5.74, 6) is 0.870. The zero-order valence-electron chi connectivity index (χ0n) is 15.0. The first-order valence-electron chi connectivity index (χ1n) is 7.64. The molecule has 130 valence electrons. The van der Waals surface area contributed by atoms with Crippen molar-refractivity contribution < 1.29 is 4.79 Å². The molecule has 1 atom stereocenters. The molecule has 0 saturated carbocycles. The maximum Gasteiger partial charge on any atom is 0.251 e. The number of carbonyl (C=O) groups is 1. The molecule has 1 N–H and O–H groups in total. The van der Waals surface area contributed by atoms with Gasteiger partial charge in [-0.2, -0.15) is 0 Å². The first kappa shape index (κ1) is 21.7. The number of carbonyl (C=O) groups excluding carboxylic acids is 1. The molecule has 0 spiro atoms. The van der Waals surface area contributed by atoms with Gasteiger partial charge in [0.1, 0.15) is 0 Å². The Morgan fingerprint density at radius 2 is 1.83 bits per heavy atom. The lowest BCUT2D eigenvalue weighted by atomic mass is 10.1. The molecule has 1 aromatic rings. The molecule has 0 saturated heterocycles. The van der Waals surface area contributed by atoms with Gasteiger partial charge < -0.3 is 15.1 Å². The smallest absolute Gasteiger partial charge is 0.251 e. The van der Waals surface area contributed by atoms with Gasteiger partial charge in [0.25, 0.3) is 5.91 Å². The molecule has 0 fully saturated rings. The van der Waals surface area contributed by atoms with Crippen molar-refractivity contribution in [3.05, 3.63) is 35.4 Å². The molecule has 0 aliphatic rings. The fourth-order valence-electron chi connectivity index (χ4n) is 2.06. The third kappa shape index (κ3) is 7.20. The fraction of sp³-hybridized carbons (Fsp3) is 0.529. The number of halogens is 1. The second-order valence-corrected chi connectivity index (χ2v) is 5.89. The molecule has 0 radical (unpaired) electrons. The van der Waals surface area contributed by atoms with Crippen LogP contribution in [0.1, 0.15) is 36.2 Å². The Balaban J connectivity index is 0.00000484. The Kier molecular flexibility index (Phi) is 9.87. The van der Waals surface area contributed by atoms with Gasteiger partial charge >= 0.3 is 0 Å². The van der Waals surface area contributed by atoms with E-state index < -0.39 is 0 Å². The summed E-state index contributed by atoms with van der Waals surface area (Å²) in [5, 5.41) is 2.98. The largest absolute Gasteiger partial charge is 0.350 e. The van der Waals surface area contributed by atoms with Gasteiger partial charge in [0.05, 0.1) is 6.54 Å². The van der Waals surface area contributed by atoms with E-state index in [2.05, 4.69) is 17.2 Å². The van der Waals surface area contributed by atoms with Gasteiger partial charge in [0.2, 0.25) is 0 Å². The molecule has 0 aliphatic carbocycles. The number of nitrogens with one attached hydrogen (secondary N) is 1. The first-order chi connectivity index (χ1) is 10.3. The molecule has 0 bridgehead atoms. The molecule has 1 unspecified atom stereocenters. The van der Waals surface area contributed by atoms with Crippen LogP contribution in [0.3, 0.4) is 0 Å². The first-order valence-corrected chi connectivity index (χ1v) is 7.64. The predicted molar refractivity (Wildman–Crippen MR) is 108 cm³/mol. The summed E-state index contributed by atoms with van der Waals surface area (Å²) in [6.07, 6.45) is 0.921. The van der Waals surface area contributed by atoms with E-state index in [1.54, 1.807) is 0 Å². The lowest BCUT2D eigenvalue weighted by Gasteiger charge is -2.22. The summed E-state index contributed by atoms with van der Waals surface area (Å²) in [6.45, 7) is 4.61.